The molecule has 3 heteroatoms. The van der Waals surface area contributed by atoms with Gasteiger partial charge in [0, 0.05) is 12.2 Å². The van der Waals surface area contributed by atoms with E-state index in [1.54, 1.807) is 0 Å². The number of hydrogen-bond acceptors (Lipinski definition) is 1. The maximum absolute atomic E-state index is 5.31. The number of thiocarbonyl (C=S) groups is 1. The smallest absolute Gasteiger partial charge is 0.170 e. The molecule has 0 bridgehead atoms. The second kappa shape index (κ2) is 9.76. The second-order valence-corrected chi connectivity index (χ2v) is 5.86. The Hall–Kier alpha value is -1.09. The third-order valence-electron chi connectivity index (χ3n) is 3.58. The van der Waals surface area contributed by atoms with E-state index >= 15 is 0 Å². The van der Waals surface area contributed by atoms with Gasteiger partial charge < -0.3 is 10.6 Å². The van der Waals surface area contributed by atoms with E-state index in [0.717, 1.165) is 17.3 Å². The molecule has 0 saturated carbocycles. The lowest BCUT2D eigenvalue weighted by atomic mass is 10.1. The summed E-state index contributed by atoms with van der Waals surface area (Å²) in [5.41, 5.74) is 3.66. The van der Waals surface area contributed by atoms with Gasteiger partial charge in [-0.05, 0) is 55.7 Å². The predicted octanol–water partition coefficient (Wildman–Crippen LogP) is 4.95. The van der Waals surface area contributed by atoms with Crippen molar-refractivity contribution >= 4 is 23.0 Å². The van der Waals surface area contributed by atoms with E-state index in [9.17, 15) is 0 Å². The first-order valence-electron chi connectivity index (χ1n) is 7.75. The zero-order valence-electron chi connectivity index (χ0n) is 13.1. The van der Waals surface area contributed by atoms with Crippen LogP contribution in [0, 0.1) is 13.8 Å². The molecule has 1 aromatic carbocycles. The Morgan fingerprint density at radius 2 is 1.70 bits per heavy atom. The minimum absolute atomic E-state index is 0.724. The Balaban J connectivity index is 2.15. The highest BCUT2D eigenvalue weighted by Gasteiger charge is 1.99. The molecule has 1 aromatic rings. The van der Waals surface area contributed by atoms with Crippen LogP contribution in [-0.2, 0) is 0 Å². The third-order valence-corrected chi connectivity index (χ3v) is 3.83. The van der Waals surface area contributed by atoms with Gasteiger partial charge in [-0.25, -0.2) is 0 Å². The largest absolute Gasteiger partial charge is 0.362 e. The molecule has 2 nitrogen and oxygen atoms in total. The first-order chi connectivity index (χ1) is 9.63. The predicted molar refractivity (Wildman–Crippen MR) is 93.5 cm³/mol. The Kier molecular flexibility index (Phi) is 8.28. The van der Waals surface area contributed by atoms with Gasteiger partial charge in [-0.1, -0.05) is 45.1 Å². The van der Waals surface area contributed by atoms with Crippen LogP contribution in [0.25, 0.3) is 0 Å². The normalized spacial score (nSPS) is 10.3. The van der Waals surface area contributed by atoms with Crippen molar-refractivity contribution in [1.29, 1.82) is 0 Å². The summed E-state index contributed by atoms with van der Waals surface area (Å²) in [7, 11) is 0. The van der Waals surface area contributed by atoms with Crippen LogP contribution in [0.15, 0.2) is 18.2 Å². The van der Waals surface area contributed by atoms with Crippen molar-refractivity contribution in [2.45, 2.75) is 59.3 Å². The molecule has 0 aliphatic carbocycles. The number of rotatable bonds is 8. The van der Waals surface area contributed by atoms with Crippen LogP contribution in [0.1, 0.15) is 56.6 Å². The Morgan fingerprint density at radius 3 is 2.40 bits per heavy atom. The molecule has 0 atom stereocenters. The van der Waals surface area contributed by atoms with Crippen LogP contribution in [-0.4, -0.2) is 11.7 Å². The number of hydrogen-bond donors (Lipinski definition) is 2. The molecule has 0 saturated heterocycles. The highest BCUT2D eigenvalue weighted by molar-refractivity contribution is 7.80. The molecule has 0 aliphatic rings. The monoisotopic (exact) mass is 292 g/mol. The van der Waals surface area contributed by atoms with Crippen LogP contribution in [0.2, 0.25) is 0 Å². The minimum Gasteiger partial charge on any atom is -0.362 e. The van der Waals surface area contributed by atoms with Gasteiger partial charge in [-0.2, -0.15) is 0 Å². The quantitative estimate of drug-likeness (QED) is 0.523. The summed E-state index contributed by atoms with van der Waals surface area (Å²) in [6, 6.07) is 6.32. The molecule has 1 rings (SSSR count). The lowest BCUT2D eigenvalue weighted by molar-refractivity contribution is 0.603. The molecule has 0 aromatic heterocycles. The number of unbranched alkanes of at least 4 members (excludes halogenated alkanes) is 5. The van der Waals surface area contributed by atoms with Crippen molar-refractivity contribution in [2.24, 2.45) is 0 Å². The number of benzene rings is 1. The van der Waals surface area contributed by atoms with Gasteiger partial charge in [0.25, 0.3) is 0 Å². The van der Waals surface area contributed by atoms with Gasteiger partial charge in [0.2, 0.25) is 0 Å². The number of anilines is 1. The van der Waals surface area contributed by atoms with Crippen LogP contribution in [0.4, 0.5) is 5.69 Å². The minimum atomic E-state index is 0.724. The van der Waals surface area contributed by atoms with Crippen molar-refractivity contribution in [1.82, 2.24) is 5.32 Å². The summed E-state index contributed by atoms with van der Waals surface area (Å²) in [6.07, 6.45) is 7.86. The van der Waals surface area contributed by atoms with Gasteiger partial charge in [0.05, 0.1) is 0 Å². The fourth-order valence-electron chi connectivity index (χ4n) is 2.10. The van der Waals surface area contributed by atoms with Crippen LogP contribution < -0.4 is 10.6 Å². The van der Waals surface area contributed by atoms with Gasteiger partial charge in [-0.15, -0.1) is 0 Å². The van der Waals surface area contributed by atoms with Gasteiger partial charge in [0.15, 0.2) is 5.11 Å². The van der Waals surface area contributed by atoms with E-state index in [4.69, 9.17) is 12.2 Å². The third kappa shape index (κ3) is 6.90. The first-order valence-corrected chi connectivity index (χ1v) is 8.16. The van der Waals surface area contributed by atoms with E-state index in [0.29, 0.717) is 0 Å². The SMILES string of the molecule is CCCCCCCCNC(=S)Nc1ccc(C)c(C)c1. The van der Waals surface area contributed by atoms with E-state index in [1.807, 2.05) is 0 Å². The van der Waals surface area contributed by atoms with Crippen molar-refractivity contribution in [2.75, 3.05) is 11.9 Å². The molecule has 0 radical (unpaired) electrons. The molecule has 0 spiro atoms. The van der Waals surface area contributed by atoms with E-state index in [1.165, 1.54) is 49.7 Å². The molecule has 2 N–H and O–H groups in total. The zero-order chi connectivity index (χ0) is 14.8. The van der Waals surface area contributed by atoms with Gasteiger partial charge >= 0.3 is 0 Å². The average Bonchev–Trinajstić information content (AvgIpc) is 2.42. The van der Waals surface area contributed by atoms with Crippen LogP contribution in [0.3, 0.4) is 0 Å². The summed E-state index contributed by atoms with van der Waals surface area (Å²) in [4.78, 5) is 0. The average molecular weight is 292 g/mol. The maximum atomic E-state index is 5.31. The fourth-order valence-corrected chi connectivity index (χ4v) is 2.32. The Morgan fingerprint density at radius 1 is 1.00 bits per heavy atom. The maximum Gasteiger partial charge on any atom is 0.170 e. The standard InChI is InChI=1S/C17H28N2S/c1-4-5-6-7-8-9-12-18-17(20)19-16-11-10-14(2)15(3)13-16/h10-11,13H,4-9,12H2,1-3H3,(H2,18,19,20). The molecule has 0 unspecified atom stereocenters. The molecule has 112 valence electrons. The topological polar surface area (TPSA) is 24.1 Å². The van der Waals surface area contributed by atoms with Gasteiger partial charge in [-0.3, -0.25) is 0 Å². The first kappa shape index (κ1) is 17.0. The fraction of sp³-hybridized carbons (Fsp3) is 0.588. The zero-order valence-corrected chi connectivity index (χ0v) is 13.9. The molecule has 0 aliphatic heterocycles. The molecule has 20 heavy (non-hydrogen) atoms. The second-order valence-electron chi connectivity index (χ2n) is 5.45. The molecule has 0 heterocycles. The summed E-state index contributed by atoms with van der Waals surface area (Å²) in [6.45, 7) is 7.45. The van der Waals surface area contributed by atoms with E-state index in [2.05, 4.69) is 49.6 Å². The van der Waals surface area contributed by atoms with E-state index in [-0.39, 0.29) is 0 Å². The number of nitrogens with one attached hydrogen (secondary N) is 2. The summed E-state index contributed by atoms with van der Waals surface area (Å²) in [5.74, 6) is 0. The van der Waals surface area contributed by atoms with Crippen molar-refractivity contribution in [3.8, 4) is 0 Å². The van der Waals surface area contributed by atoms with Crippen molar-refractivity contribution in [3.63, 3.8) is 0 Å². The Bertz CT molecular complexity index is 415. The van der Waals surface area contributed by atoms with Gasteiger partial charge in [0.1, 0.15) is 0 Å². The van der Waals surface area contributed by atoms with Crippen molar-refractivity contribution in [3.05, 3.63) is 29.3 Å². The molecule has 0 fully saturated rings. The number of aryl methyl sites for hydroxylation is 2. The Labute approximate surface area is 129 Å². The van der Waals surface area contributed by atoms with Crippen LogP contribution >= 0.6 is 12.2 Å². The molecular weight excluding hydrogens is 264 g/mol. The highest BCUT2D eigenvalue weighted by Crippen LogP contribution is 2.13. The van der Waals surface area contributed by atoms with E-state index < -0.39 is 0 Å². The highest BCUT2D eigenvalue weighted by atomic mass is 32.1. The molecular formula is C17H28N2S. The summed E-state index contributed by atoms with van der Waals surface area (Å²) in [5, 5.41) is 7.24. The van der Waals surface area contributed by atoms with Crippen LogP contribution in [0.5, 0.6) is 0 Å². The lowest BCUT2D eigenvalue weighted by Crippen LogP contribution is -2.29. The summed E-state index contributed by atoms with van der Waals surface area (Å²) < 4.78 is 0. The lowest BCUT2D eigenvalue weighted by Gasteiger charge is -2.11. The summed E-state index contributed by atoms with van der Waals surface area (Å²) >= 11 is 5.31. The van der Waals surface area contributed by atoms with Crippen molar-refractivity contribution < 1.29 is 0 Å². The molecule has 0 amide bonds.